The number of aromatic nitrogens is 2. The van der Waals surface area contributed by atoms with E-state index in [1.54, 1.807) is 0 Å². The van der Waals surface area contributed by atoms with E-state index < -0.39 is 5.91 Å². The van der Waals surface area contributed by atoms with E-state index in [1.807, 2.05) is 0 Å². The van der Waals surface area contributed by atoms with Crippen LogP contribution in [0.3, 0.4) is 0 Å². The molecular weight excluding hydrogens is 286 g/mol. The minimum absolute atomic E-state index is 0.0307. The van der Waals surface area contributed by atoms with Gasteiger partial charge in [0.15, 0.2) is 0 Å². The maximum absolute atomic E-state index is 11.8. The predicted octanol–water partition coefficient (Wildman–Crippen LogP) is 0.312. The number of carbonyl (C=O) groups is 2. The highest BCUT2D eigenvalue weighted by atomic mass is 16.5. The lowest BCUT2D eigenvalue weighted by Crippen LogP contribution is -2.31. The van der Waals surface area contributed by atoms with E-state index in [2.05, 4.69) is 25.7 Å². The molecule has 2 rings (SSSR count). The molecule has 8 nitrogen and oxygen atoms in total. The number of hydrogen-bond acceptors (Lipinski definition) is 6. The van der Waals surface area contributed by atoms with Crippen molar-refractivity contribution in [2.45, 2.75) is 38.6 Å². The summed E-state index contributed by atoms with van der Waals surface area (Å²) in [7, 11) is 1.49. The first-order valence-electron chi connectivity index (χ1n) is 7.73. The maximum atomic E-state index is 11.8. The van der Waals surface area contributed by atoms with E-state index in [-0.39, 0.29) is 24.2 Å². The normalized spacial score (nSPS) is 15.5. The van der Waals surface area contributed by atoms with Gasteiger partial charge in [-0.3, -0.25) is 9.59 Å². The molecule has 1 saturated heterocycles. The number of nitrogens with zero attached hydrogens (tertiary/aromatic N) is 3. The van der Waals surface area contributed by atoms with Crippen LogP contribution in [0.1, 0.15) is 48.6 Å². The molecule has 22 heavy (non-hydrogen) atoms. The van der Waals surface area contributed by atoms with Gasteiger partial charge >= 0.3 is 0 Å². The molecular formula is C14H23N5O3. The quantitative estimate of drug-likeness (QED) is 0.752. The molecule has 122 valence electrons. The Bertz CT molecular complexity index is 496. The van der Waals surface area contributed by atoms with Crippen LogP contribution in [0.5, 0.6) is 0 Å². The standard InChI is InChI=1S/C14H23N5O3/c1-15-14(21)13-17-12(22-18-13)10-16-11(20)6-5-9-19-7-3-2-4-8-19/h2-10H2,1H3,(H,15,21)(H,16,20). The third kappa shape index (κ3) is 5.10. The molecule has 2 amide bonds. The third-order valence-corrected chi connectivity index (χ3v) is 3.66. The highest BCUT2D eigenvalue weighted by Gasteiger charge is 2.14. The summed E-state index contributed by atoms with van der Waals surface area (Å²) in [4.78, 5) is 29.3. The molecule has 1 aliphatic heterocycles. The second-order valence-electron chi connectivity index (χ2n) is 5.37. The summed E-state index contributed by atoms with van der Waals surface area (Å²) in [5, 5.41) is 8.66. The van der Waals surface area contributed by atoms with Gasteiger partial charge in [0.25, 0.3) is 11.7 Å². The molecule has 2 heterocycles. The summed E-state index contributed by atoms with van der Waals surface area (Å²) < 4.78 is 4.89. The molecule has 0 atom stereocenters. The van der Waals surface area contributed by atoms with E-state index in [0.29, 0.717) is 6.42 Å². The molecule has 0 unspecified atom stereocenters. The summed E-state index contributed by atoms with van der Waals surface area (Å²) in [6.45, 7) is 3.40. The third-order valence-electron chi connectivity index (χ3n) is 3.66. The Morgan fingerprint density at radius 2 is 2.05 bits per heavy atom. The van der Waals surface area contributed by atoms with E-state index in [9.17, 15) is 9.59 Å². The molecule has 1 aromatic heterocycles. The maximum Gasteiger partial charge on any atom is 0.292 e. The first-order chi connectivity index (χ1) is 10.7. The van der Waals surface area contributed by atoms with Gasteiger partial charge in [0, 0.05) is 13.5 Å². The molecule has 0 spiro atoms. The van der Waals surface area contributed by atoms with E-state index in [0.717, 1.165) is 26.1 Å². The van der Waals surface area contributed by atoms with Crippen LogP contribution in [0.4, 0.5) is 0 Å². The Labute approximate surface area is 129 Å². The Kier molecular flexibility index (Phi) is 6.32. The zero-order valence-corrected chi connectivity index (χ0v) is 12.9. The predicted molar refractivity (Wildman–Crippen MR) is 79.1 cm³/mol. The van der Waals surface area contributed by atoms with E-state index in [4.69, 9.17) is 4.52 Å². The largest absolute Gasteiger partial charge is 0.352 e. The van der Waals surface area contributed by atoms with Gasteiger partial charge in [-0.15, -0.1) is 0 Å². The van der Waals surface area contributed by atoms with Gasteiger partial charge < -0.3 is 20.1 Å². The van der Waals surface area contributed by atoms with Crippen LogP contribution in [0, 0.1) is 0 Å². The fourth-order valence-electron chi connectivity index (χ4n) is 2.44. The van der Waals surface area contributed by atoms with Crippen LogP contribution in [0.2, 0.25) is 0 Å². The lowest BCUT2D eigenvalue weighted by Gasteiger charge is -2.26. The molecule has 1 aliphatic rings. The van der Waals surface area contributed by atoms with Crippen molar-refractivity contribution in [3.8, 4) is 0 Å². The van der Waals surface area contributed by atoms with Crippen LogP contribution in [-0.4, -0.2) is 53.5 Å². The van der Waals surface area contributed by atoms with Gasteiger partial charge in [0.05, 0.1) is 6.54 Å². The van der Waals surface area contributed by atoms with Crippen molar-refractivity contribution in [1.82, 2.24) is 25.7 Å². The molecule has 2 N–H and O–H groups in total. The number of carbonyl (C=O) groups excluding carboxylic acids is 2. The zero-order chi connectivity index (χ0) is 15.8. The molecule has 0 aliphatic carbocycles. The SMILES string of the molecule is CNC(=O)c1noc(CNC(=O)CCCN2CCCCC2)n1. The van der Waals surface area contributed by atoms with Gasteiger partial charge in [-0.2, -0.15) is 4.98 Å². The van der Waals surface area contributed by atoms with Crippen molar-refractivity contribution in [1.29, 1.82) is 0 Å². The zero-order valence-electron chi connectivity index (χ0n) is 12.9. The monoisotopic (exact) mass is 309 g/mol. The lowest BCUT2D eigenvalue weighted by atomic mass is 10.1. The van der Waals surface area contributed by atoms with Gasteiger partial charge in [0.1, 0.15) is 0 Å². The first-order valence-corrected chi connectivity index (χ1v) is 7.73. The van der Waals surface area contributed by atoms with Crippen LogP contribution >= 0.6 is 0 Å². The Balaban J connectivity index is 1.62. The van der Waals surface area contributed by atoms with Crippen LogP contribution in [0.25, 0.3) is 0 Å². The molecule has 0 radical (unpaired) electrons. The molecule has 0 bridgehead atoms. The Morgan fingerprint density at radius 3 is 2.77 bits per heavy atom. The summed E-state index contributed by atoms with van der Waals surface area (Å²) in [5.74, 6) is -0.264. The second-order valence-corrected chi connectivity index (χ2v) is 5.37. The van der Waals surface area contributed by atoms with Crippen molar-refractivity contribution >= 4 is 11.8 Å². The van der Waals surface area contributed by atoms with Crippen molar-refractivity contribution < 1.29 is 14.1 Å². The minimum atomic E-state index is -0.414. The molecule has 1 fully saturated rings. The average Bonchev–Trinajstić information content (AvgIpc) is 3.02. The van der Waals surface area contributed by atoms with Gasteiger partial charge in [-0.1, -0.05) is 11.6 Å². The van der Waals surface area contributed by atoms with E-state index >= 15 is 0 Å². The topological polar surface area (TPSA) is 100 Å². The molecule has 0 saturated carbocycles. The fourth-order valence-corrected chi connectivity index (χ4v) is 2.44. The Morgan fingerprint density at radius 1 is 1.27 bits per heavy atom. The molecule has 1 aromatic rings. The summed E-state index contributed by atoms with van der Waals surface area (Å²) in [5.41, 5.74) is 0. The van der Waals surface area contributed by atoms with Crippen LogP contribution in [0.15, 0.2) is 4.52 Å². The number of amides is 2. The number of piperidine rings is 1. The summed E-state index contributed by atoms with van der Waals surface area (Å²) >= 11 is 0. The average molecular weight is 309 g/mol. The van der Waals surface area contributed by atoms with Gasteiger partial charge in [0.2, 0.25) is 11.8 Å². The Hall–Kier alpha value is -1.96. The minimum Gasteiger partial charge on any atom is -0.352 e. The highest BCUT2D eigenvalue weighted by molar-refractivity contribution is 5.89. The summed E-state index contributed by atoms with van der Waals surface area (Å²) in [6.07, 6.45) is 5.17. The molecule has 8 heteroatoms. The van der Waals surface area contributed by atoms with Crippen molar-refractivity contribution in [2.24, 2.45) is 0 Å². The second kappa shape index (κ2) is 8.47. The fraction of sp³-hybridized carbons (Fsp3) is 0.714. The van der Waals surface area contributed by atoms with Crippen LogP contribution in [-0.2, 0) is 11.3 Å². The van der Waals surface area contributed by atoms with Crippen molar-refractivity contribution in [3.63, 3.8) is 0 Å². The number of hydrogen-bond donors (Lipinski definition) is 2. The van der Waals surface area contributed by atoms with E-state index in [1.165, 1.54) is 26.3 Å². The number of likely N-dealkylation sites (tertiary alicyclic amines) is 1. The lowest BCUT2D eigenvalue weighted by molar-refractivity contribution is -0.121. The summed E-state index contributed by atoms with van der Waals surface area (Å²) in [6, 6.07) is 0. The number of rotatable bonds is 7. The number of nitrogens with one attached hydrogen (secondary N) is 2. The smallest absolute Gasteiger partial charge is 0.292 e. The highest BCUT2D eigenvalue weighted by Crippen LogP contribution is 2.09. The van der Waals surface area contributed by atoms with Crippen molar-refractivity contribution in [3.05, 3.63) is 11.7 Å². The van der Waals surface area contributed by atoms with Gasteiger partial charge in [-0.25, -0.2) is 0 Å². The van der Waals surface area contributed by atoms with Crippen molar-refractivity contribution in [2.75, 3.05) is 26.7 Å². The van der Waals surface area contributed by atoms with Gasteiger partial charge in [-0.05, 0) is 38.9 Å². The van der Waals surface area contributed by atoms with Crippen LogP contribution < -0.4 is 10.6 Å². The molecule has 0 aromatic carbocycles. The first kappa shape index (κ1) is 16.4.